The monoisotopic (exact) mass is 338 g/mol. The van der Waals surface area contributed by atoms with E-state index >= 15 is 0 Å². The summed E-state index contributed by atoms with van der Waals surface area (Å²) in [5.41, 5.74) is 3.55. The number of aromatic amines is 1. The first-order valence-corrected chi connectivity index (χ1v) is 8.15. The molecule has 0 aliphatic rings. The van der Waals surface area contributed by atoms with Crippen molar-refractivity contribution in [3.63, 3.8) is 0 Å². The van der Waals surface area contributed by atoms with Crippen molar-refractivity contribution >= 4 is 22.5 Å². The molecule has 5 heteroatoms. The Kier molecular flexibility index (Phi) is 4.37. The normalized spacial score (nSPS) is 11.9. The van der Waals surface area contributed by atoms with Gasteiger partial charge < -0.3 is 20.5 Å². The molecule has 0 radical (unpaired) electrons. The first-order valence-electron chi connectivity index (χ1n) is 8.15. The molecule has 3 rings (SSSR count). The molecule has 25 heavy (non-hydrogen) atoms. The molecule has 1 aromatic heterocycles. The summed E-state index contributed by atoms with van der Waals surface area (Å²) in [6.45, 7) is 6.39. The van der Waals surface area contributed by atoms with Gasteiger partial charge in [-0.15, -0.1) is 0 Å². The molecular formula is C20H22N2O3. The van der Waals surface area contributed by atoms with Crippen molar-refractivity contribution in [2.45, 2.75) is 32.5 Å². The Hall–Kier alpha value is -2.63. The van der Waals surface area contributed by atoms with E-state index in [1.165, 1.54) is 5.56 Å². The van der Waals surface area contributed by atoms with E-state index in [0.29, 0.717) is 16.9 Å². The number of amides is 1. The van der Waals surface area contributed by atoms with Crippen molar-refractivity contribution in [2.75, 3.05) is 5.32 Å². The molecule has 0 aliphatic heterocycles. The van der Waals surface area contributed by atoms with E-state index in [1.54, 1.807) is 24.3 Å². The lowest BCUT2D eigenvalue weighted by molar-refractivity contribution is -0.0453. The standard InChI is InChI=1S/C20H22N2O3/c1-20(2,3)14-6-4-12(5-7-14)18(23)21-15-8-9-16-13(10-15)11-17(22-16)19(24)25/h4-11,19,22,24-25H,1-3H3,(H,21,23). The number of aliphatic hydroxyl groups is 2. The average molecular weight is 338 g/mol. The topological polar surface area (TPSA) is 85.4 Å². The van der Waals surface area contributed by atoms with E-state index in [0.717, 1.165) is 10.9 Å². The fourth-order valence-electron chi connectivity index (χ4n) is 2.70. The number of benzene rings is 2. The van der Waals surface area contributed by atoms with Gasteiger partial charge in [0.05, 0.1) is 5.69 Å². The second kappa shape index (κ2) is 6.35. The number of H-pyrrole nitrogens is 1. The minimum Gasteiger partial charge on any atom is -0.363 e. The molecule has 1 amide bonds. The molecule has 0 saturated carbocycles. The van der Waals surface area contributed by atoms with E-state index in [-0.39, 0.29) is 11.3 Å². The van der Waals surface area contributed by atoms with Crippen molar-refractivity contribution in [3.8, 4) is 0 Å². The molecule has 2 aromatic carbocycles. The number of anilines is 1. The lowest BCUT2D eigenvalue weighted by Crippen LogP contribution is -2.14. The summed E-state index contributed by atoms with van der Waals surface area (Å²) in [4.78, 5) is 15.3. The SMILES string of the molecule is CC(C)(C)c1ccc(C(=O)Nc2ccc3[nH]c(C(O)O)cc3c2)cc1. The molecule has 130 valence electrons. The highest BCUT2D eigenvalue weighted by atomic mass is 16.5. The molecular weight excluding hydrogens is 316 g/mol. The quantitative estimate of drug-likeness (QED) is 0.549. The van der Waals surface area contributed by atoms with Crippen LogP contribution in [-0.4, -0.2) is 21.1 Å². The molecule has 0 atom stereocenters. The van der Waals surface area contributed by atoms with Crippen molar-refractivity contribution in [2.24, 2.45) is 0 Å². The Morgan fingerprint density at radius 2 is 1.72 bits per heavy atom. The van der Waals surface area contributed by atoms with Gasteiger partial charge in [0.15, 0.2) is 6.29 Å². The second-order valence-electron chi connectivity index (χ2n) is 7.18. The van der Waals surface area contributed by atoms with Gasteiger partial charge in [0.2, 0.25) is 0 Å². The third-order valence-electron chi connectivity index (χ3n) is 4.19. The maximum Gasteiger partial charge on any atom is 0.255 e. The predicted molar refractivity (Wildman–Crippen MR) is 98.6 cm³/mol. The summed E-state index contributed by atoms with van der Waals surface area (Å²) in [5, 5.41) is 22.1. The van der Waals surface area contributed by atoms with Crippen LogP contribution in [0.25, 0.3) is 10.9 Å². The van der Waals surface area contributed by atoms with Gasteiger partial charge in [0, 0.05) is 22.2 Å². The zero-order valence-corrected chi connectivity index (χ0v) is 14.5. The van der Waals surface area contributed by atoms with Crippen LogP contribution in [0, 0.1) is 0 Å². The fraction of sp³-hybridized carbons (Fsp3) is 0.250. The van der Waals surface area contributed by atoms with Crippen LogP contribution in [-0.2, 0) is 5.41 Å². The fourth-order valence-corrected chi connectivity index (χ4v) is 2.70. The molecule has 1 heterocycles. The Morgan fingerprint density at radius 3 is 2.32 bits per heavy atom. The molecule has 3 aromatic rings. The first kappa shape index (κ1) is 17.2. The maximum absolute atomic E-state index is 12.4. The first-order chi connectivity index (χ1) is 11.7. The summed E-state index contributed by atoms with van der Waals surface area (Å²) in [5.74, 6) is -0.183. The van der Waals surface area contributed by atoms with Gasteiger partial charge in [-0.1, -0.05) is 32.9 Å². The predicted octanol–water partition coefficient (Wildman–Crippen LogP) is 3.70. The van der Waals surface area contributed by atoms with Gasteiger partial charge in [0.25, 0.3) is 5.91 Å². The van der Waals surface area contributed by atoms with Gasteiger partial charge in [-0.3, -0.25) is 4.79 Å². The van der Waals surface area contributed by atoms with E-state index in [9.17, 15) is 15.0 Å². The van der Waals surface area contributed by atoms with Crippen molar-refractivity contribution in [1.82, 2.24) is 4.98 Å². The van der Waals surface area contributed by atoms with Gasteiger partial charge in [-0.25, -0.2) is 0 Å². The van der Waals surface area contributed by atoms with Crippen LogP contribution in [0.3, 0.4) is 0 Å². The summed E-state index contributed by atoms with van der Waals surface area (Å²) in [7, 11) is 0. The number of carbonyl (C=O) groups excluding carboxylic acids is 1. The van der Waals surface area contributed by atoms with Crippen LogP contribution in [0.5, 0.6) is 0 Å². The highest BCUT2D eigenvalue weighted by Gasteiger charge is 2.14. The number of rotatable bonds is 3. The zero-order valence-electron chi connectivity index (χ0n) is 14.5. The van der Waals surface area contributed by atoms with Crippen molar-refractivity contribution < 1.29 is 15.0 Å². The molecule has 4 N–H and O–H groups in total. The number of carbonyl (C=O) groups is 1. The molecule has 0 spiro atoms. The van der Waals surface area contributed by atoms with Crippen molar-refractivity contribution in [3.05, 3.63) is 65.4 Å². The summed E-state index contributed by atoms with van der Waals surface area (Å²) < 4.78 is 0. The minimum absolute atomic E-state index is 0.0449. The molecule has 0 aliphatic carbocycles. The van der Waals surface area contributed by atoms with Crippen LogP contribution in [0.2, 0.25) is 0 Å². The molecule has 5 nitrogen and oxygen atoms in total. The Morgan fingerprint density at radius 1 is 1.04 bits per heavy atom. The summed E-state index contributed by atoms with van der Waals surface area (Å²) in [6, 6.07) is 14.6. The van der Waals surface area contributed by atoms with Crippen LogP contribution in [0.4, 0.5) is 5.69 Å². The van der Waals surface area contributed by atoms with Crippen molar-refractivity contribution in [1.29, 1.82) is 0 Å². The lowest BCUT2D eigenvalue weighted by Gasteiger charge is -2.19. The average Bonchev–Trinajstić information content (AvgIpc) is 2.98. The summed E-state index contributed by atoms with van der Waals surface area (Å²) in [6.07, 6.45) is -1.55. The van der Waals surface area contributed by atoms with E-state index in [1.807, 2.05) is 24.3 Å². The lowest BCUT2D eigenvalue weighted by atomic mass is 9.87. The smallest absolute Gasteiger partial charge is 0.255 e. The minimum atomic E-state index is -1.55. The highest BCUT2D eigenvalue weighted by Crippen LogP contribution is 2.24. The van der Waals surface area contributed by atoms with Crippen LogP contribution < -0.4 is 5.32 Å². The van der Waals surface area contributed by atoms with Crippen LogP contribution >= 0.6 is 0 Å². The molecule has 0 fully saturated rings. The van der Waals surface area contributed by atoms with Crippen LogP contribution in [0.1, 0.15) is 48.7 Å². The van der Waals surface area contributed by atoms with E-state index in [4.69, 9.17) is 0 Å². The summed E-state index contributed by atoms with van der Waals surface area (Å²) >= 11 is 0. The largest absolute Gasteiger partial charge is 0.363 e. The number of aromatic nitrogens is 1. The highest BCUT2D eigenvalue weighted by molar-refractivity contribution is 6.05. The molecule has 0 bridgehead atoms. The van der Waals surface area contributed by atoms with Gasteiger partial charge in [0.1, 0.15) is 0 Å². The number of hydrogen-bond donors (Lipinski definition) is 4. The third-order valence-corrected chi connectivity index (χ3v) is 4.19. The van der Waals surface area contributed by atoms with Gasteiger partial charge in [-0.2, -0.15) is 0 Å². The zero-order chi connectivity index (χ0) is 18.2. The number of fused-ring (bicyclic) bond motifs is 1. The Balaban J connectivity index is 1.79. The van der Waals surface area contributed by atoms with E-state index in [2.05, 4.69) is 31.1 Å². The van der Waals surface area contributed by atoms with Crippen LogP contribution in [0.15, 0.2) is 48.5 Å². The molecule has 0 unspecified atom stereocenters. The van der Waals surface area contributed by atoms with Gasteiger partial charge >= 0.3 is 0 Å². The third kappa shape index (κ3) is 3.73. The van der Waals surface area contributed by atoms with Gasteiger partial charge in [-0.05, 0) is 47.4 Å². The number of aliphatic hydroxyl groups excluding tert-OH is 1. The second-order valence-corrected chi connectivity index (χ2v) is 7.18. The maximum atomic E-state index is 12.4. The Bertz CT molecular complexity index is 903. The number of nitrogens with one attached hydrogen (secondary N) is 2. The van der Waals surface area contributed by atoms with E-state index < -0.39 is 6.29 Å². The Labute approximate surface area is 146 Å². The number of hydrogen-bond acceptors (Lipinski definition) is 3. The molecule has 0 saturated heterocycles.